The quantitative estimate of drug-likeness (QED) is 0.495. The Kier molecular flexibility index (Phi) is 5.67. The number of alkyl halides is 3. The predicted octanol–water partition coefficient (Wildman–Crippen LogP) is 4.00. The molecule has 0 bridgehead atoms. The summed E-state index contributed by atoms with van der Waals surface area (Å²) in [5, 5.41) is 9.36. The molecule has 2 aromatic heterocycles. The molecule has 0 amide bonds. The molecule has 1 aromatic carbocycles. The van der Waals surface area contributed by atoms with Crippen LogP contribution in [-0.2, 0) is 13.2 Å². The third-order valence-corrected chi connectivity index (χ3v) is 7.16. The lowest BCUT2D eigenvalue weighted by molar-refractivity contribution is -0.140. The van der Waals surface area contributed by atoms with E-state index in [1.165, 1.54) is 10.6 Å². The molecule has 2 aliphatic heterocycles. The van der Waals surface area contributed by atoms with Crippen molar-refractivity contribution in [2.45, 2.75) is 38.1 Å². The summed E-state index contributed by atoms with van der Waals surface area (Å²) >= 11 is 0. The Balaban J connectivity index is 1.50. The highest BCUT2D eigenvalue weighted by molar-refractivity contribution is 5.93. The monoisotopic (exact) mass is 501 g/mol. The number of rotatable bonds is 2. The molecule has 1 fully saturated rings. The minimum absolute atomic E-state index is 0.0918. The molecule has 7 nitrogen and oxygen atoms in total. The first kappa shape index (κ1) is 24.1. The first-order valence-electron chi connectivity index (χ1n) is 11.5. The number of pyridine rings is 2. The number of benzene rings is 1. The van der Waals surface area contributed by atoms with Crippen LogP contribution in [0.5, 0.6) is 5.75 Å². The number of anilines is 1. The molecular formula is C25H23F4N5O2. The van der Waals surface area contributed by atoms with E-state index in [-0.39, 0.29) is 41.7 Å². The highest BCUT2D eigenvalue weighted by Gasteiger charge is 2.41. The topological polar surface area (TPSA) is 74.4 Å². The Bertz CT molecular complexity index is 1460. The van der Waals surface area contributed by atoms with E-state index >= 15 is 0 Å². The third kappa shape index (κ3) is 3.76. The molecule has 0 spiro atoms. The van der Waals surface area contributed by atoms with Crippen LogP contribution in [0.3, 0.4) is 0 Å². The lowest BCUT2D eigenvalue weighted by Crippen LogP contribution is -2.61. The Morgan fingerprint density at radius 2 is 1.97 bits per heavy atom. The van der Waals surface area contributed by atoms with Crippen LogP contribution in [0.4, 0.5) is 23.2 Å². The van der Waals surface area contributed by atoms with Crippen LogP contribution in [-0.4, -0.2) is 46.2 Å². The van der Waals surface area contributed by atoms with Gasteiger partial charge in [0, 0.05) is 32.2 Å². The highest BCUT2D eigenvalue weighted by atomic mass is 19.4. The Morgan fingerprint density at radius 3 is 2.64 bits per heavy atom. The summed E-state index contributed by atoms with van der Waals surface area (Å²) in [5.74, 6) is -1.11. The van der Waals surface area contributed by atoms with Crippen molar-refractivity contribution in [1.82, 2.24) is 14.5 Å². The molecule has 3 aromatic rings. The van der Waals surface area contributed by atoms with Gasteiger partial charge in [-0.15, -0.1) is 0 Å². The van der Waals surface area contributed by atoms with Crippen molar-refractivity contribution in [1.29, 1.82) is 5.26 Å². The molecule has 0 radical (unpaired) electrons. The number of aryl methyl sites for hydroxylation is 1. The van der Waals surface area contributed by atoms with Gasteiger partial charge in [0.05, 0.1) is 17.1 Å². The van der Waals surface area contributed by atoms with E-state index in [9.17, 15) is 27.6 Å². The second kappa shape index (κ2) is 8.48. The van der Waals surface area contributed by atoms with Crippen LogP contribution >= 0.6 is 0 Å². The van der Waals surface area contributed by atoms with Crippen LogP contribution in [0.2, 0.25) is 0 Å². The lowest BCUT2D eigenvalue weighted by Gasteiger charge is -2.50. The van der Waals surface area contributed by atoms with E-state index in [4.69, 9.17) is 4.74 Å². The van der Waals surface area contributed by atoms with Gasteiger partial charge in [-0.2, -0.15) is 18.4 Å². The maximum Gasteiger partial charge on any atom is 0.419 e. The lowest BCUT2D eigenvalue weighted by atomic mass is 9.98. The van der Waals surface area contributed by atoms with Gasteiger partial charge in [0.15, 0.2) is 0 Å². The minimum atomic E-state index is -4.75. The normalized spacial score (nSPS) is 20.9. The van der Waals surface area contributed by atoms with Gasteiger partial charge >= 0.3 is 6.18 Å². The minimum Gasteiger partial charge on any atom is -0.484 e. The molecular weight excluding hydrogens is 478 g/mol. The molecule has 0 N–H and O–H groups in total. The van der Waals surface area contributed by atoms with Crippen molar-refractivity contribution in [2.24, 2.45) is 7.05 Å². The smallest absolute Gasteiger partial charge is 0.419 e. The number of aromatic nitrogens is 2. The number of hydrogen-bond donors (Lipinski definition) is 0. The zero-order valence-electron chi connectivity index (χ0n) is 19.8. The van der Waals surface area contributed by atoms with Crippen molar-refractivity contribution >= 4 is 16.7 Å². The number of piperazine rings is 1. The van der Waals surface area contributed by atoms with Gasteiger partial charge in [-0.3, -0.25) is 9.69 Å². The summed E-state index contributed by atoms with van der Waals surface area (Å²) < 4.78 is 60.6. The zero-order valence-corrected chi connectivity index (χ0v) is 19.8. The molecule has 2 aliphatic rings. The van der Waals surface area contributed by atoms with E-state index in [0.717, 1.165) is 12.1 Å². The molecule has 0 unspecified atom stereocenters. The van der Waals surface area contributed by atoms with E-state index in [1.807, 2.05) is 19.9 Å². The van der Waals surface area contributed by atoms with Crippen LogP contribution < -0.4 is 15.2 Å². The van der Waals surface area contributed by atoms with E-state index in [2.05, 4.69) is 14.8 Å². The Hall–Kier alpha value is -3.65. The van der Waals surface area contributed by atoms with Crippen LogP contribution in [0.25, 0.3) is 11.0 Å². The standard InChI is InChI=1S/C25H23F4N5O2/c1-13-10-34-17(11-33(13)14(2)15-4-6-18(19(26)8-15)25(27,28)29)12-36-23-22(34)21-20(32(3)24(23)35)7-5-16(9-30)31-21/h4-8,13-14,17H,10-12H2,1-3H3/t13-,14-,17+/m1/s1. The number of nitrogens with zero attached hydrogens (tertiary/aromatic N) is 5. The van der Waals surface area contributed by atoms with Crippen molar-refractivity contribution in [3.63, 3.8) is 0 Å². The molecule has 188 valence electrons. The molecule has 4 heterocycles. The maximum atomic E-state index is 14.3. The Labute approximate surface area is 204 Å². The van der Waals surface area contributed by atoms with Gasteiger partial charge in [0.1, 0.15) is 35.4 Å². The summed E-state index contributed by atoms with van der Waals surface area (Å²) in [6.07, 6.45) is -4.75. The summed E-state index contributed by atoms with van der Waals surface area (Å²) in [6, 6.07) is 7.68. The number of fused-ring (bicyclic) bond motifs is 5. The van der Waals surface area contributed by atoms with Crippen LogP contribution in [0, 0.1) is 17.1 Å². The fourth-order valence-corrected chi connectivity index (χ4v) is 5.24. The molecule has 0 aliphatic carbocycles. The molecule has 36 heavy (non-hydrogen) atoms. The number of ether oxygens (including phenoxy) is 1. The molecule has 11 heteroatoms. The first-order valence-corrected chi connectivity index (χ1v) is 11.5. The fraction of sp³-hybridized carbons (Fsp3) is 0.400. The molecule has 1 saturated heterocycles. The van der Waals surface area contributed by atoms with Gasteiger partial charge in [-0.1, -0.05) is 6.07 Å². The molecule has 5 rings (SSSR count). The van der Waals surface area contributed by atoms with Crippen molar-refractivity contribution in [3.8, 4) is 11.8 Å². The van der Waals surface area contributed by atoms with Crippen LogP contribution in [0.15, 0.2) is 35.1 Å². The molecule has 3 atom stereocenters. The Morgan fingerprint density at radius 1 is 1.22 bits per heavy atom. The highest BCUT2D eigenvalue weighted by Crippen LogP contribution is 2.40. The number of halogens is 4. The predicted molar refractivity (Wildman–Crippen MR) is 124 cm³/mol. The number of hydrogen-bond acceptors (Lipinski definition) is 6. The van der Waals surface area contributed by atoms with E-state index in [0.29, 0.717) is 35.4 Å². The fourth-order valence-electron chi connectivity index (χ4n) is 5.24. The summed E-state index contributed by atoms with van der Waals surface area (Å²) in [5.41, 5.74) is 0.686. The van der Waals surface area contributed by atoms with Crippen LogP contribution in [0.1, 0.15) is 36.7 Å². The van der Waals surface area contributed by atoms with Gasteiger partial charge in [0.25, 0.3) is 5.56 Å². The van der Waals surface area contributed by atoms with Gasteiger partial charge < -0.3 is 14.2 Å². The SMILES string of the molecule is C[C@@H]1CN2c3c(c(=O)n(C)c4ccc(C#N)nc34)OC[C@@H]2CN1[C@H](C)c1ccc(C(F)(F)F)c(F)c1. The second-order valence-electron chi connectivity index (χ2n) is 9.29. The largest absolute Gasteiger partial charge is 0.484 e. The first-order chi connectivity index (χ1) is 17.0. The van der Waals surface area contributed by atoms with Gasteiger partial charge in [-0.25, -0.2) is 9.37 Å². The van der Waals surface area contributed by atoms with E-state index < -0.39 is 17.6 Å². The van der Waals surface area contributed by atoms with Gasteiger partial charge in [0.2, 0.25) is 5.75 Å². The maximum absolute atomic E-state index is 14.3. The van der Waals surface area contributed by atoms with Crippen molar-refractivity contribution < 1.29 is 22.3 Å². The zero-order chi connectivity index (χ0) is 25.9. The van der Waals surface area contributed by atoms with Crippen molar-refractivity contribution in [3.05, 3.63) is 63.3 Å². The van der Waals surface area contributed by atoms with E-state index in [1.54, 1.807) is 19.2 Å². The number of nitriles is 1. The average molecular weight is 501 g/mol. The third-order valence-electron chi connectivity index (χ3n) is 7.16. The second-order valence-corrected chi connectivity index (χ2v) is 9.29. The summed E-state index contributed by atoms with van der Waals surface area (Å²) in [6.45, 7) is 4.98. The summed E-state index contributed by atoms with van der Waals surface area (Å²) in [4.78, 5) is 21.7. The average Bonchev–Trinajstić information content (AvgIpc) is 2.84. The summed E-state index contributed by atoms with van der Waals surface area (Å²) in [7, 11) is 1.62. The van der Waals surface area contributed by atoms with Crippen molar-refractivity contribution in [2.75, 3.05) is 24.6 Å². The molecule has 0 saturated carbocycles. The van der Waals surface area contributed by atoms with Gasteiger partial charge in [-0.05, 0) is 43.7 Å².